The van der Waals surface area contributed by atoms with Crippen molar-refractivity contribution in [3.05, 3.63) is 0 Å². The average Bonchev–Trinajstić information content (AvgIpc) is 2.13. The van der Waals surface area contributed by atoms with E-state index in [1.807, 2.05) is 0 Å². The molecule has 2 atom stereocenters. The maximum absolute atomic E-state index is 3.58. The van der Waals surface area contributed by atoms with E-state index in [0.717, 1.165) is 11.8 Å². The van der Waals surface area contributed by atoms with Crippen molar-refractivity contribution in [2.75, 3.05) is 13.1 Å². The highest BCUT2D eigenvalue weighted by Crippen LogP contribution is 2.27. The highest BCUT2D eigenvalue weighted by atomic mass is 14.9. The van der Waals surface area contributed by atoms with Gasteiger partial charge in [0.05, 0.1) is 0 Å². The summed E-state index contributed by atoms with van der Waals surface area (Å²) in [5, 5.41) is 3.58. The summed E-state index contributed by atoms with van der Waals surface area (Å²) in [5.41, 5.74) is 0. The summed E-state index contributed by atoms with van der Waals surface area (Å²) in [6.07, 6.45) is 8.49. The van der Waals surface area contributed by atoms with Gasteiger partial charge in [0.15, 0.2) is 0 Å². The minimum Gasteiger partial charge on any atom is -0.316 e. The second-order valence-electron chi connectivity index (χ2n) is 4.70. The van der Waals surface area contributed by atoms with Crippen LogP contribution >= 0.6 is 0 Å². The Morgan fingerprint density at radius 3 is 2.85 bits per heavy atom. The summed E-state index contributed by atoms with van der Waals surface area (Å²) >= 11 is 0. The van der Waals surface area contributed by atoms with Crippen LogP contribution in [0.5, 0.6) is 0 Å². The molecule has 0 aromatic heterocycles. The van der Waals surface area contributed by atoms with Crippen molar-refractivity contribution >= 4 is 0 Å². The molecule has 0 bridgehead atoms. The monoisotopic (exact) mass is 183 g/mol. The van der Waals surface area contributed by atoms with Crippen LogP contribution in [-0.2, 0) is 0 Å². The highest BCUT2D eigenvalue weighted by Gasteiger charge is 2.17. The van der Waals surface area contributed by atoms with Crippen LogP contribution in [0.25, 0.3) is 0 Å². The second-order valence-corrected chi connectivity index (χ2v) is 4.70. The van der Waals surface area contributed by atoms with E-state index in [1.54, 1.807) is 0 Å². The fraction of sp³-hybridized carbons (Fsp3) is 1.00. The summed E-state index contributed by atoms with van der Waals surface area (Å²) in [6, 6.07) is 0. The van der Waals surface area contributed by atoms with Crippen LogP contribution in [0.2, 0.25) is 0 Å². The molecule has 0 amide bonds. The zero-order chi connectivity index (χ0) is 9.52. The number of unbranched alkanes of at least 4 members (excludes halogenated alkanes) is 1. The Labute approximate surface area is 83.3 Å². The molecule has 0 saturated heterocycles. The third kappa shape index (κ3) is 4.66. The van der Waals surface area contributed by atoms with Crippen molar-refractivity contribution in [1.82, 2.24) is 5.32 Å². The van der Waals surface area contributed by atoms with Crippen molar-refractivity contribution < 1.29 is 0 Å². The zero-order valence-corrected chi connectivity index (χ0v) is 9.31. The summed E-state index contributed by atoms with van der Waals surface area (Å²) in [5.74, 6) is 1.95. The van der Waals surface area contributed by atoms with Gasteiger partial charge in [-0.2, -0.15) is 0 Å². The van der Waals surface area contributed by atoms with Gasteiger partial charge in [-0.1, -0.05) is 33.1 Å². The molecule has 2 unspecified atom stereocenters. The Hall–Kier alpha value is -0.0400. The van der Waals surface area contributed by atoms with Gasteiger partial charge in [-0.25, -0.2) is 0 Å². The number of hydrogen-bond donors (Lipinski definition) is 1. The molecule has 78 valence electrons. The first kappa shape index (κ1) is 11.0. The van der Waals surface area contributed by atoms with Gasteiger partial charge in [-0.05, 0) is 44.2 Å². The Bertz CT molecular complexity index is 122. The van der Waals surface area contributed by atoms with Crippen LogP contribution in [0.3, 0.4) is 0 Å². The third-order valence-electron chi connectivity index (χ3n) is 3.19. The van der Waals surface area contributed by atoms with Gasteiger partial charge in [-0.3, -0.25) is 0 Å². The lowest BCUT2D eigenvalue weighted by Gasteiger charge is -2.26. The van der Waals surface area contributed by atoms with Crippen molar-refractivity contribution in [3.63, 3.8) is 0 Å². The van der Waals surface area contributed by atoms with Crippen LogP contribution in [0.4, 0.5) is 0 Å². The summed E-state index contributed by atoms with van der Waals surface area (Å²) in [4.78, 5) is 0. The van der Waals surface area contributed by atoms with Gasteiger partial charge in [0.1, 0.15) is 0 Å². The molecule has 1 rings (SSSR count). The van der Waals surface area contributed by atoms with E-state index in [2.05, 4.69) is 19.2 Å². The molecule has 0 aromatic carbocycles. The summed E-state index contributed by atoms with van der Waals surface area (Å²) < 4.78 is 0. The molecule has 1 N–H and O–H groups in total. The van der Waals surface area contributed by atoms with E-state index in [-0.39, 0.29) is 0 Å². The minimum atomic E-state index is 0.973. The minimum absolute atomic E-state index is 0.973. The summed E-state index contributed by atoms with van der Waals surface area (Å²) in [7, 11) is 0. The van der Waals surface area contributed by atoms with Crippen LogP contribution in [0.15, 0.2) is 0 Å². The predicted octanol–water partition coefficient (Wildman–Crippen LogP) is 3.20. The SMILES string of the molecule is CCCCNCC1CCCC(C)C1. The Kier molecular flexibility index (Phi) is 5.45. The van der Waals surface area contributed by atoms with Crippen LogP contribution in [-0.4, -0.2) is 13.1 Å². The molecule has 1 fully saturated rings. The molecule has 0 aliphatic heterocycles. The maximum Gasteiger partial charge on any atom is -0.00204 e. The van der Waals surface area contributed by atoms with Crippen LogP contribution in [0, 0.1) is 11.8 Å². The molecule has 0 aromatic rings. The van der Waals surface area contributed by atoms with E-state index < -0.39 is 0 Å². The fourth-order valence-electron chi connectivity index (χ4n) is 2.35. The molecular formula is C12H25N. The van der Waals surface area contributed by atoms with Gasteiger partial charge >= 0.3 is 0 Å². The van der Waals surface area contributed by atoms with E-state index in [9.17, 15) is 0 Å². The molecule has 1 aliphatic carbocycles. The normalized spacial score (nSPS) is 29.1. The van der Waals surface area contributed by atoms with Gasteiger partial charge < -0.3 is 5.32 Å². The van der Waals surface area contributed by atoms with Gasteiger partial charge in [0, 0.05) is 0 Å². The van der Waals surface area contributed by atoms with E-state index in [1.165, 1.54) is 51.6 Å². The first-order valence-electron chi connectivity index (χ1n) is 6.03. The molecule has 1 aliphatic rings. The van der Waals surface area contributed by atoms with Gasteiger partial charge in [0.25, 0.3) is 0 Å². The quantitative estimate of drug-likeness (QED) is 0.645. The topological polar surface area (TPSA) is 12.0 Å². The molecule has 0 spiro atoms. The van der Waals surface area contributed by atoms with E-state index >= 15 is 0 Å². The standard InChI is InChI=1S/C12H25N/c1-3-4-8-13-10-12-7-5-6-11(2)9-12/h11-13H,3-10H2,1-2H3. The Morgan fingerprint density at radius 1 is 1.31 bits per heavy atom. The van der Waals surface area contributed by atoms with Crippen molar-refractivity contribution in [3.8, 4) is 0 Å². The Morgan fingerprint density at radius 2 is 2.15 bits per heavy atom. The number of rotatable bonds is 5. The Balaban J connectivity index is 2.00. The largest absolute Gasteiger partial charge is 0.316 e. The molecule has 13 heavy (non-hydrogen) atoms. The lowest BCUT2D eigenvalue weighted by atomic mass is 9.82. The molecule has 1 heteroatoms. The van der Waals surface area contributed by atoms with Crippen LogP contribution < -0.4 is 5.32 Å². The molecule has 1 nitrogen and oxygen atoms in total. The molecule has 0 radical (unpaired) electrons. The molecule has 0 heterocycles. The first-order valence-corrected chi connectivity index (χ1v) is 6.03. The lowest BCUT2D eigenvalue weighted by molar-refractivity contribution is 0.274. The summed E-state index contributed by atoms with van der Waals surface area (Å²) in [6.45, 7) is 7.15. The van der Waals surface area contributed by atoms with Crippen molar-refractivity contribution in [1.29, 1.82) is 0 Å². The maximum atomic E-state index is 3.58. The van der Waals surface area contributed by atoms with Crippen molar-refractivity contribution in [2.45, 2.75) is 52.4 Å². The van der Waals surface area contributed by atoms with Gasteiger partial charge in [0.2, 0.25) is 0 Å². The third-order valence-corrected chi connectivity index (χ3v) is 3.19. The average molecular weight is 183 g/mol. The van der Waals surface area contributed by atoms with Crippen LogP contribution in [0.1, 0.15) is 52.4 Å². The molecule has 1 saturated carbocycles. The predicted molar refractivity (Wildman–Crippen MR) is 58.9 cm³/mol. The second kappa shape index (κ2) is 6.42. The highest BCUT2D eigenvalue weighted by molar-refractivity contribution is 4.72. The van der Waals surface area contributed by atoms with Gasteiger partial charge in [-0.15, -0.1) is 0 Å². The van der Waals surface area contributed by atoms with Crippen molar-refractivity contribution in [2.24, 2.45) is 11.8 Å². The lowest BCUT2D eigenvalue weighted by Crippen LogP contribution is -2.27. The first-order chi connectivity index (χ1) is 6.33. The van der Waals surface area contributed by atoms with E-state index in [0.29, 0.717) is 0 Å². The zero-order valence-electron chi connectivity index (χ0n) is 9.31. The molecular weight excluding hydrogens is 158 g/mol. The van der Waals surface area contributed by atoms with E-state index in [4.69, 9.17) is 0 Å². The number of nitrogens with one attached hydrogen (secondary N) is 1. The number of hydrogen-bond acceptors (Lipinski definition) is 1. The smallest absolute Gasteiger partial charge is 0.00204 e. The fourth-order valence-corrected chi connectivity index (χ4v) is 2.35.